The molecule has 1 aromatic heterocycles. The summed E-state index contributed by atoms with van der Waals surface area (Å²) in [6, 6.07) is 7.17. The van der Waals surface area contributed by atoms with Gasteiger partial charge in [0, 0.05) is 30.3 Å². The number of amides is 2. The Morgan fingerprint density at radius 3 is 2.81 bits per heavy atom. The Morgan fingerprint density at radius 1 is 1.38 bits per heavy atom. The van der Waals surface area contributed by atoms with Crippen LogP contribution in [0.15, 0.2) is 36.7 Å². The molecule has 6 nitrogen and oxygen atoms in total. The van der Waals surface area contributed by atoms with Crippen molar-refractivity contribution < 1.29 is 14.3 Å². The standard InChI is InChI=1S/C15H17N3O3/c1-3-13(19)18-15(20)21-12-7-5-4-6-11(12)10(2)14-16-8-9-17-14/h4-10H,3H2,1-2H3,(H,16,17)(H,18,19,20). The van der Waals surface area contributed by atoms with Gasteiger partial charge in [-0.3, -0.25) is 10.1 Å². The zero-order valence-corrected chi connectivity index (χ0v) is 11.9. The lowest BCUT2D eigenvalue weighted by Gasteiger charge is -2.14. The number of hydrogen-bond acceptors (Lipinski definition) is 4. The molecule has 0 aliphatic carbocycles. The van der Waals surface area contributed by atoms with Crippen molar-refractivity contribution in [1.29, 1.82) is 0 Å². The highest BCUT2D eigenvalue weighted by molar-refractivity contribution is 5.92. The molecule has 110 valence electrons. The number of hydrogen-bond donors (Lipinski definition) is 2. The molecular formula is C15H17N3O3. The topological polar surface area (TPSA) is 84.1 Å². The molecule has 2 aromatic rings. The number of aromatic nitrogens is 2. The van der Waals surface area contributed by atoms with E-state index in [1.807, 2.05) is 19.1 Å². The van der Waals surface area contributed by atoms with Gasteiger partial charge < -0.3 is 9.72 Å². The van der Waals surface area contributed by atoms with Crippen molar-refractivity contribution in [2.24, 2.45) is 0 Å². The first-order valence-electron chi connectivity index (χ1n) is 6.71. The maximum atomic E-state index is 11.7. The molecule has 1 atom stereocenters. The Kier molecular flexibility index (Phi) is 4.71. The number of carbonyl (C=O) groups is 2. The van der Waals surface area contributed by atoms with Crippen LogP contribution in [0.1, 0.15) is 37.6 Å². The predicted octanol–water partition coefficient (Wildman–Crippen LogP) is 2.59. The summed E-state index contributed by atoms with van der Waals surface area (Å²) in [5.74, 6) is 0.737. The van der Waals surface area contributed by atoms with Crippen LogP contribution in [0.25, 0.3) is 0 Å². The van der Waals surface area contributed by atoms with Crippen molar-refractivity contribution in [3.05, 3.63) is 48.0 Å². The van der Waals surface area contributed by atoms with Crippen LogP contribution in [0.2, 0.25) is 0 Å². The van der Waals surface area contributed by atoms with E-state index in [2.05, 4.69) is 15.3 Å². The van der Waals surface area contributed by atoms with Gasteiger partial charge in [-0.2, -0.15) is 0 Å². The number of nitrogens with zero attached hydrogens (tertiary/aromatic N) is 1. The number of carbonyl (C=O) groups excluding carboxylic acids is 2. The van der Waals surface area contributed by atoms with Gasteiger partial charge in [-0.15, -0.1) is 0 Å². The minimum Gasteiger partial charge on any atom is -0.410 e. The van der Waals surface area contributed by atoms with E-state index in [-0.39, 0.29) is 18.2 Å². The molecule has 6 heteroatoms. The molecular weight excluding hydrogens is 270 g/mol. The Labute approximate surface area is 122 Å². The van der Waals surface area contributed by atoms with Crippen molar-refractivity contribution in [2.45, 2.75) is 26.2 Å². The Balaban J connectivity index is 2.17. The van der Waals surface area contributed by atoms with Gasteiger partial charge in [0.2, 0.25) is 5.91 Å². The largest absolute Gasteiger partial charge is 0.419 e. The van der Waals surface area contributed by atoms with Crippen LogP contribution in [-0.2, 0) is 4.79 Å². The molecule has 0 bridgehead atoms. The van der Waals surface area contributed by atoms with Crippen molar-refractivity contribution in [2.75, 3.05) is 0 Å². The number of rotatable bonds is 4. The summed E-state index contributed by atoms with van der Waals surface area (Å²) < 4.78 is 5.22. The number of benzene rings is 1. The fourth-order valence-corrected chi connectivity index (χ4v) is 1.92. The highest BCUT2D eigenvalue weighted by Crippen LogP contribution is 2.29. The predicted molar refractivity (Wildman–Crippen MR) is 77.0 cm³/mol. The third-order valence-corrected chi connectivity index (χ3v) is 3.08. The van der Waals surface area contributed by atoms with E-state index in [1.54, 1.807) is 31.5 Å². The molecule has 2 N–H and O–H groups in total. The maximum absolute atomic E-state index is 11.7. The Hall–Kier alpha value is -2.63. The van der Waals surface area contributed by atoms with E-state index in [0.29, 0.717) is 5.75 Å². The van der Waals surface area contributed by atoms with E-state index in [1.165, 1.54) is 0 Å². The average molecular weight is 287 g/mol. The summed E-state index contributed by atoms with van der Waals surface area (Å²) in [5, 5.41) is 2.16. The number of H-pyrrole nitrogens is 1. The highest BCUT2D eigenvalue weighted by Gasteiger charge is 2.17. The quantitative estimate of drug-likeness (QED) is 0.905. The Morgan fingerprint density at radius 2 is 2.14 bits per heavy atom. The van der Waals surface area contributed by atoms with E-state index < -0.39 is 6.09 Å². The summed E-state index contributed by atoms with van der Waals surface area (Å²) in [6.45, 7) is 3.62. The molecule has 1 heterocycles. The molecule has 0 spiro atoms. The smallest absolute Gasteiger partial charge is 0.410 e. The third kappa shape index (κ3) is 3.68. The summed E-state index contributed by atoms with van der Waals surface area (Å²) in [5.41, 5.74) is 0.812. The molecule has 0 aliphatic rings. The molecule has 2 rings (SSSR count). The van der Waals surface area contributed by atoms with Gasteiger partial charge in [-0.05, 0) is 6.07 Å². The number of nitrogens with one attached hydrogen (secondary N) is 2. The van der Waals surface area contributed by atoms with E-state index in [4.69, 9.17) is 4.74 Å². The van der Waals surface area contributed by atoms with Crippen LogP contribution in [0.4, 0.5) is 4.79 Å². The number of para-hydroxylation sites is 1. The number of aromatic amines is 1. The lowest BCUT2D eigenvalue weighted by atomic mass is 9.99. The monoisotopic (exact) mass is 287 g/mol. The summed E-state index contributed by atoms with van der Waals surface area (Å²) in [4.78, 5) is 30.1. The lowest BCUT2D eigenvalue weighted by molar-refractivity contribution is -0.119. The average Bonchev–Trinajstić information content (AvgIpc) is 3.01. The fraction of sp³-hybridized carbons (Fsp3) is 0.267. The van der Waals surface area contributed by atoms with Crippen molar-refractivity contribution in [3.63, 3.8) is 0 Å². The van der Waals surface area contributed by atoms with Gasteiger partial charge >= 0.3 is 6.09 Å². The van der Waals surface area contributed by atoms with E-state index in [0.717, 1.165) is 11.4 Å². The zero-order valence-electron chi connectivity index (χ0n) is 11.9. The van der Waals surface area contributed by atoms with Crippen LogP contribution < -0.4 is 10.1 Å². The summed E-state index contributed by atoms with van der Waals surface area (Å²) in [6.07, 6.45) is 2.85. The molecule has 1 aromatic carbocycles. The molecule has 0 saturated carbocycles. The van der Waals surface area contributed by atoms with Gasteiger partial charge in [-0.1, -0.05) is 32.0 Å². The Bertz CT molecular complexity index is 623. The van der Waals surface area contributed by atoms with Gasteiger partial charge in [-0.25, -0.2) is 9.78 Å². The fourth-order valence-electron chi connectivity index (χ4n) is 1.92. The van der Waals surface area contributed by atoms with Gasteiger partial charge in [0.25, 0.3) is 0 Å². The van der Waals surface area contributed by atoms with Crippen LogP contribution in [0.3, 0.4) is 0 Å². The van der Waals surface area contributed by atoms with Crippen LogP contribution in [0, 0.1) is 0 Å². The SMILES string of the molecule is CCC(=O)NC(=O)Oc1ccccc1C(C)c1ncc[nH]1. The molecule has 0 aliphatic heterocycles. The lowest BCUT2D eigenvalue weighted by Crippen LogP contribution is -2.32. The van der Waals surface area contributed by atoms with E-state index in [9.17, 15) is 9.59 Å². The maximum Gasteiger partial charge on any atom is 0.419 e. The first-order valence-corrected chi connectivity index (χ1v) is 6.71. The second-order valence-corrected chi connectivity index (χ2v) is 4.53. The van der Waals surface area contributed by atoms with E-state index >= 15 is 0 Å². The molecule has 1 unspecified atom stereocenters. The minimum atomic E-state index is -0.777. The first-order chi connectivity index (χ1) is 10.1. The van der Waals surface area contributed by atoms with Gasteiger partial charge in [0.15, 0.2) is 0 Å². The second kappa shape index (κ2) is 6.69. The molecule has 0 radical (unpaired) electrons. The van der Waals surface area contributed by atoms with Gasteiger partial charge in [0.1, 0.15) is 11.6 Å². The number of imidazole rings is 1. The zero-order chi connectivity index (χ0) is 15.2. The van der Waals surface area contributed by atoms with Crippen LogP contribution in [-0.4, -0.2) is 22.0 Å². The normalized spacial score (nSPS) is 11.7. The molecule has 0 fully saturated rings. The van der Waals surface area contributed by atoms with Crippen LogP contribution in [0.5, 0.6) is 5.75 Å². The molecule has 2 amide bonds. The number of imide groups is 1. The second-order valence-electron chi connectivity index (χ2n) is 4.53. The van der Waals surface area contributed by atoms with Gasteiger partial charge in [0.05, 0.1) is 0 Å². The minimum absolute atomic E-state index is 0.0640. The number of ether oxygens (including phenoxy) is 1. The highest BCUT2D eigenvalue weighted by atomic mass is 16.6. The molecule has 21 heavy (non-hydrogen) atoms. The van der Waals surface area contributed by atoms with Crippen molar-refractivity contribution in [3.8, 4) is 5.75 Å². The summed E-state index contributed by atoms with van der Waals surface area (Å²) >= 11 is 0. The molecule has 0 saturated heterocycles. The summed E-state index contributed by atoms with van der Waals surface area (Å²) in [7, 11) is 0. The third-order valence-electron chi connectivity index (χ3n) is 3.08. The first kappa shape index (κ1) is 14.8. The van der Waals surface area contributed by atoms with Crippen molar-refractivity contribution >= 4 is 12.0 Å². The van der Waals surface area contributed by atoms with Crippen LogP contribution >= 0.6 is 0 Å². The van der Waals surface area contributed by atoms with Crippen molar-refractivity contribution in [1.82, 2.24) is 15.3 Å².